The van der Waals surface area contributed by atoms with E-state index in [0.717, 1.165) is 50.2 Å². The van der Waals surface area contributed by atoms with E-state index >= 15 is 0 Å². The van der Waals surface area contributed by atoms with Crippen LogP contribution in [-0.4, -0.2) is 47.6 Å². The van der Waals surface area contributed by atoms with E-state index in [2.05, 4.69) is 44.1 Å². The average Bonchev–Trinajstić information content (AvgIpc) is 3.03. The lowest BCUT2D eigenvalue weighted by Crippen LogP contribution is -2.45. The first-order valence-corrected chi connectivity index (χ1v) is 8.28. The molecular formula is C15H21N5S. The molecule has 1 aliphatic heterocycles. The fourth-order valence-corrected chi connectivity index (χ4v) is 3.27. The molecular weight excluding hydrogens is 282 g/mol. The van der Waals surface area contributed by atoms with Crippen LogP contribution in [0, 0.1) is 0 Å². The lowest BCUT2D eigenvalue weighted by Gasteiger charge is -2.34. The van der Waals surface area contributed by atoms with Crippen LogP contribution in [0.25, 0.3) is 0 Å². The standard InChI is InChI=1S/C15H21N5S/c1-2-16-14-11-13(3-4-17-14)12-19-6-8-20(9-7-19)15-18-5-10-21-15/h3-5,10-11H,2,6-9,12H2,1H3,(H,16,17). The summed E-state index contributed by atoms with van der Waals surface area (Å²) in [6.45, 7) is 8.26. The van der Waals surface area contributed by atoms with Gasteiger partial charge < -0.3 is 10.2 Å². The fraction of sp³-hybridized carbons (Fsp3) is 0.467. The molecule has 6 heteroatoms. The van der Waals surface area contributed by atoms with Gasteiger partial charge in [0, 0.05) is 57.0 Å². The molecule has 0 saturated carbocycles. The second-order valence-corrected chi connectivity index (χ2v) is 6.03. The summed E-state index contributed by atoms with van der Waals surface area (Å²) in [5.41, 5.74) is 1.32. The van der Waals surface area contributed by atoms with Crippen LogP contribution in [0.3, 0.4) is 0 Å². The van der Waals surface area contributed by atoms with Crippen molar-refractivity contribution in [2.45, 2.75) is 13.5 Å². The number of piperazine rings is 1. The minimum Gasteiger partial charge on any atom is -0.370 e. The van der Waals surface area contributed by atoms with Crippen molar-refractivity contribution in [3.63, 3.8) is 0 Å². The van der Waals surface area contributed by atoms with Gasteiger partial charge in [-0.25, -0.2) is 9.97 Å². The van der Waals surface area contributed by atoms with Crippen LogP contribution in [0.4, 0.5) is 10.9 Å². The van der Waals surface area contributed by atoms with Gasteiger partial charge in [-0.1, -0.05) is 0 Å². The summed E-state index contributed by atoms with van der Waals surface area (Å²) in [5.74, 6) is 0.969. The SMILES string of the molecule is CCNc1cc(CN2CCN(c3nccs3)CC2)ccn1. The molecule has 1 saturated heterocycles. The molecule has 0 bridgehead atoms. The van der Waals surface area contributed by atoms with Gasteiger partial charge in [0.25, 0.3) is 0 Å². The molecule has 0 radical (unpaired) electrons. The summed E-state index contributed by atoms with van der Waals surface area (Å²) in [7, 11) is 0. The van der Waals surface area contributed by atoms with Crippen LogP contribution < -0.4 is 10.2 Å². The number of nitrogens with zero attached hydrogens (tertiary/aromatic N) is 4. The predicted octanol–water partition coefficient (Wildman–Crippen LogP) is 2.29. The highest BCUT2D eigenvalue weighted by Gasteiger charge is 2.18. The first kappa shape index (κ1) is 14.3. The summed E-state index contributed by atoms with van der Waals surface area (Å²) in [5, 5.41) is 6.45. The summed E-state index contributed by atoms with van der Waals surface area (Å²) in [6, 6.07) is 4.25. The van der Waals surface area contributed by atoms with Crippen molar-refractivity contribution in [3.8, 4) is 0 Å². The van der Waals surface area contributed by atoms with Crippen LogP contribution in [0.5, 0.6) is 0 Å². The van der Waals surface area contributed by atoms with E-state index in [1.807, 2.05) is 17.8 Å². The van der Waals surface area contributed by atoms with Crippen LogP contribution >= 0.6 is 11.3 Å². The molecule has 1 aliphatic rings. The average molecular weight is 303 g/mol. The molecule has 1 fully saturated rings. The summed E-state index contributed by atoms with van der Waals surface area (Å²) in [4.78, 5) is 13.6. The van der Waals surface area contributed by atoms with Crippen LogP contribution in [0.15, 0.2) is 29.9 Å². The van der Waals surface area contributed by atoms with Crippen molar-refractivity contribution in [1.29, 1.82) is 0 Å². The Kier molecular flexibility index (Phi) is 4.67. The Morgan fingerprint density at radius 1 is 1.19 bits per heavy atom. The Morgan fingerprint density at radius 3 is 2.76 bits per heavy atom. The van der Waals surface area contributed by atoms with E-state index in [0.29, 0.717) is 0 Å². The number of aromatic nitrogens is 2. The van der Waals surface area contributed by atoms with E-state index in [4.69, 9.17) is 0 Å². The van der Waals surface area contributed by atoms with Crippen molar-refractivity contribution < 1.29 is 0 Å². The van der Waals surface area contributed by atoms with E-state index in [9.17, 15) is 0 Å². The summed E-state index contributed by atoms with van der Waals surface area (Å²) in [6.07, 6.45) is 3.77. The van der Waals surface area contributed by atoms with Crippen molar-refractivity contribution in [1.82, 2.24) is 14.9 Å². The number of nitrogens with one attached hydrogen (secondary N) is 1. The molecule has 3 heterocycles. The second-order valence-electron chi connectivity index (χ2n) is 5.16. The van der Waals surface area contributed by atoms with E-state index in [1.165, 1.54) is 5.56 Å². The third kappa shape index (κ3) is 3.71. The maximum Gasteiger partial charge on any atom is 0.185 e. The summed E-state index contributed by atoms with van der Waals surface area (Å²) >= 11 is 1.72. The molecule has 1 N–H and O–H groups in total. The lowest BCUT2D eigenvalue weighted by molar-refractivity contribution is 0.250. The van der Waals surface area contributed by atoms with Gasteiger partial charge in [-0.2, -0.15) is 0 Å². The van der Waals surface area contributed by atoms with E-state index < -0.39 is 0 Å². The molecule has 21 heavy (non-hydrogen) atoms. The number of hydrogen-bond acceptors (Lipinski definition) is 6. The number of hydrogen-bond donors (Lipinski definition) is 1. The Bertz CT molecular complexity index is 549. The van der Waals surface area contributed by atoms with Gasteiger partial charge >= 0.3 is 0 Å². The molecule has 3 rings (SSSR count). The van der Waals surface area contributed by atoms with Gasteiger partial charge in [-0.15, -0.1) is 11.3 Å². The topological polar surface area (TPSA) is 44.3 Å². The van der Waals surface area contributed by atoms with Gasteiger partial charge in [-0.3, -0.25) is 4.90 Å². The molecule has 0 spiro atoms. The molecule has 0 unspecified atom stereocenters. The molecule has 0 atom stereocenters. The third-order valence-corrected chi connectivity index (χ3v) is 4.48. The van der Waals surface area contributed by atoms with Crippen molar-refractivity contribution in [2.75, 3.05) is 42.9 Å². The Balaban J connectivity index is 1.54. The molecule has 0 amide bonds. The van der Waals surface area contributed by atoms with Gasteiger partial charge in [0.15, 0.2) is 5.13 Å². The first-order chi connectivity index (χ1) is 10.3. The maximum atomic E-state index is 4.39. The monoisotopic (exact) mass is 303 g/mol. The molecule has 2 aromatic rings. The zero-order valence-electron chi connectivity index (χ0n) is 12.3. The largest absolute Gasteiger partial charge is 0.370 e. The van der Waals surface area contributed by atoms with Crippen LogP contribution in [0.1, 0.15) is 12.5 Å². The van der Waals surface area contributed by atoms with Crippen LogP contribution in [-0.2, 0) is 6.54 Å². The number of rotatable bonds is 5. The van der Waals surface area contributed by atoms with Gasteiger partial charge in [-0.05, 0) is 24.6 Å². The minimum atomic E-state index is 0.906. The quantitative estimate of drug-likeness (QED) is 0.918. The fourth-order valence-electron chi connectivity index (χ4n) is 2.58. The van der Waals surface area contributed by atoms with Crippen molar-refractivity contribution in [2.24, 2.45) is 0 Å². The van der Waals surface area contributed by atoms with Gasteiger partial charge in [0.2, 0.25) is 0 Å². The maximum absolute atomic E-state index is 4.39. The smallest absolute Gasteiger partial charge is 0.185 e. The zero-order chi connectivity index (χ0) is 14.5. The normalized spacial score (nSPS) is 16.1. The third-order valence-electron chi connectivity index (χ3n) is 3.65. The predicted molar refractivity (Wildman–Crippen MR) is 88.0 cm³/mol. The van der Waals surface area contributed by atoms with Crippen LogP contribution in [0.2, 0.25) is 0 Å². The lowest BCUT2D eigenvalue weighted by atomic mass is 10.2. The highest BCUT2D eigenvalue weighted by molar-refractivity contribution is 7.13. The summed E-state index contributed by atoms with van der Waals surface area (Å²) < 4.78 is 0. The number of anilines is 2. The highest BCUT2D eigenvalue weighted by atomic mass is 32.1. The van der Waals surface area contributed by atoms with E-state index in [-0.39, 0.29) is 0 Å². The van der Waals surface area contributed by atoms with Gasteiger partial charge in [0.1, 0.15) is 5.82 Å². The van der Waals surface area contributed by atoms with Crippen molar-refractivity contribution >= 4 is 22.3 Å². The van der Waals surface area contributed by atoms with Crippen molar-refractivity contribution in [3.05, 3.63) is 35.5 Å². The number of pyridine rings is 1. The zero-order valence-corrected chi connectivity index (χ0v) is 13.1. The number of thiazole rings is 1. The highest BCUT2D eigenvalue weighted by Crippen LogP contribution is 2.19. The Hall–Kier alpha value is -1.66. The Labute approximate surface area is 129 Å². The Morgan fingerprint density at radius 2 is 2.05 bits per heavy atom. The molecule has 0 aliphatic carbocycles. The minimum absolute atomic E-state index is 0.906. The molecule has 2 aromatic heterocycles. The van der Waals surface area contributed by atoms with E-state index in [1.54, 1.807) is 11.3 Å². The molecule has 5 nitrogen and oxygen atoms in total. The second kappa shape index (κ2) is 6.87. The van der Waals surface area contributed by atoms with Gasteiger partial charge in [0.05, 0.1) is 0 Å². The molecule has 112 valence electrons. The first-order valence-electron chi connectivity index (χ1n) is 7.41. The molecule has 0 aromatic carbocycles.